The molecule has 0 spiro atoms. The summed E-state index contributed by atoms with van der Waals surface area (Å²) < 4.78 is 0. The van der Waals surface area contributed by atoms with Crippen molar-refractivity contribution in [2.75, 3.05) is 11.1 Å². The maximum absolute atomic E-state index is 5.90. The number of aromatic amines is 1. The Hall–Kier alpha value is -1.82. The summed E-state index contributed by atoms with van der Waals surface area (Å²) in [5.41, 5.74) is 6.53. The molecule has 0 radical (unpaired) electrons. The Morgan fingerprint density at radius 3 is 3.07 bits per heavy atom. The summed E-state index contributed by atoms with van der Waals surface area (Å²) in [7, 11) is 0. The molecule has 7 heteroatoms. The maximum atomic E-state index is 5.90. The van der Waals surface area contributed by atoms with Crippen LogP contribution in [0.15, 0.2) is 18.7 Å². The molecule has 0 amide bonds. The molecule has 2 heterocycles. The number of nitrogens with zero attached hydrogens (tertiary/aromatic N) is 3. The number of rotatable bonds is 3. The second-order valence-corrected chi connectivity index (χ2v) is 3.26. The van der Waals surface area contributed by atoms with E-state index < -0.39 is 0 Å². The van der Waals surface area contributed by atoms with E-state index in [0.29, 0.717) is 17.4 Å². The van der Waals surface area contributed by atoms with E-state index in [4.69, 9.17) is 17.3 Å². The molecule has 0 atom stereocenters. The zero-order chi connectivity index (χ0) is 10.7. The van der Waals surface area contributed by atoms with Crippen LogP contribution < -0.4 is 11.1 Å². The quantitative estimate of drug-likeness (QED) is 0.725. The smallest absolute Gasteiger partial charge is 0.150 e. The summed E-state index contributed by atoms with van der Waals surface area (Å²) in [5.74, 6) is 0.784. The van der Waals surface area contributed by atoms with Gasteiger partial charge in [-0.05, 0) is 0 Å². The van der Waals surface area contributed by atoms with E-state index in [-0.39, 0.29) is 5.82 Å². The van der Waals surface area contributed by atoms with Crippen LogP contribution in [-0.2, 0) is 6.54 Å². The standard InChI is InChI=1S/C8H9ClN6/c9-6-7(10)12-4-13-8(6)11-1-5-2-14-15-3-5/h2-4H,1H2,(H,14,15)(H3,10,11,12,13). The minimum atomic E-state index is 0.265. The van der Waals surface area contributed by atoms with E-state index in [1.165, 1.54) is 6.33 Å². The summed E-state index contributed by atoms with van der Waals surface area (Å²) in [4.78, 5) is 7.73. The lowest BCUT2D eigenvalue weighted by molar-refractivity contribution is 1.09. The van der Waals surface area contributed by atoms with Gasteiger partial charge in [-0.1, -0.05) is 11.6 Å². The molecule has 15 heavy (non-hydrogen) atoms. The number of hydrogen-bond acceptors (Lipinski definition) is 5. The molecule has 0 aromatic carbocycles. The molecule has 2 rings (SSSR count). The number of nitrogens with one attached hydrogen (secondary N) is 2. The van der Waals surface area contributed by atoms with Crippen molar-refractivity contribution in [3.63, 3.8) is 0 Å². The van der Waals surface area contributed by atoms with Crippen LogP contribution in [0.5, 0.6) is 0 Å². The van der Waals surface area contributed by atoms with E-state index >= 15 is 0 Å². The molecule has 0 unspecified atom stereocenters. The van der Waals surface area contributed by atoms with Crippen molar-refractivity contribution in [1.82, 2.24) is 20.2 Å². The highest BCUT2D eigenvalue weighted by Crippen LogP contribution is 2.23. The second-order valence-electron chi connectivity index (χ2n) is 2.88. The summed E-state index contributed by atoms with van der Waals surface area (Å²) in [5, 5.41) is 9.90. The van der Waals surface area contributed by atoms with E-state index in [1.54, 1.807) is 12.4 Å². The van der Waals surface area contributed by atoms with Gasteiger partial charge in [0.1, 0.15) is 17.2 Å². The molecule has 78 valence electrons. The zero-order valence-corrected chi connectivity index (χ0v) is 8.49. The molecule has 0 aliphatic carbocycles. The second kappa shape index (κ2) is 4.14. The van der Waals surface area contributed by atoms with Crippen LogP contribution in [-0.4, -0.2) is 20.2 Å². The van der Waals surface area contributed by atoms with Crippen molar-refractivity contribution < 1.29 is 0 Å². The third-order valence-electron chi connectivity index (χ3n) is 1.83. The van der Waals surface area contributed by atoms with Crippen molar-refractivity contribution in [2.24, 2.45) is 0 Å². The molecule has 4 N–H and O–H groups in total. The highest BCUT2D eigenvalue weighted by atomic mass is 35.5. The minimum Gasteiger partial charge on any atom is -0.382 e. The van der Waals surface area contributed by atoms with Crippen LogP contribution in [0.1, 0.15) is 5.56 Å². The van der Waals surface area contributed by atoms with Gasteiger partial charge in [-0.3, -0.25) is 5.10 Å². The van der Waals surface area contributed by atoms with Gasteiger partial charge in [0.05, 0.1) is 6.20 Å². The molecule has 0 bridgehead atoms. The van der Waals surface area contributed by atoms with Crippen molar-refractivity contribution in [2.45, 2.75) is 6.54 Å². The number of nitrogens with two attached hydrogens (primary N) is 1. The first kappa shape index (κ1) is 9.72. The average Bonchev–Trinajstić information content (AvgIpc) is 2.73. The number of aromatic nitrogens is 4. The molecule has 6 nitrogen and oxygen atoms in total. The zero-order valence-electron chi connectivity index (χ0n) is 7.74. The van der Waals surface area contributed by atoms with Gasteiger partial charge in [0.2, 0.25) is 0 Å². The van der Waals surface area contributed by atoms with Gasteiger partial charge in [-0.2, -0.15) is 5.10 Å². The minimum absolute atomic E-state index is 0.265. The highest BCUT2D eigenvalue weighted by Gasteiger charge is 2.05. The fraction of sp³-hybridized carbons (Fsp3) is 0.125. The van der Waals surface area contributed by atoms with Gasteiger partial charge in [-0.25, -0.2) is 9.97 Å². The number of halogens is 1. The first-order valence-corrected chi connectivity index (χ1v) is 4.62. The van der Waals surface area contributed by atoms with Gasteiger partial charge < -0.3 is 11.1 Å². The number of nitrogen functional groups attached to an aromatic ring is 1. The van der Waals surface area contributed by atoms with Crippen LogP contribution in [0, 0.1) is 0 Å². The Labute approximate surface area is 90.9 Å². The van der Waals surface area contributed by atoms with E-state index in [0.717, 1.165) is 5.56 Å². The van der Waals surface area contributed by atoms with E-state index in [1.807, 2.05) is 0 Å². The van der Waals surface area contributed by atoms with Crippen LogP contribution in [0.2, 0.25) is 5.02 Å². The average molecular weight is 225 g/mol. The number of anilines is 2. The topological polar surface area (TPSA) is 92.5 Å². The van der Waals surface area contributed by atoms with Crippen molar-refractivity contribution in [3.8, 4) is 0 Å². The predicted molar refractivity (Wildman–Crippen MR) is 57.4 cm³/mol. The van der Waals surface area contributed by atoms with Gasteiger partial charge in [0, 0.05) is 18.3 Å². The predicted octanol–water partition coefficient (Wildman–Crippen LogP) is 1.05. The lowest BCUT2D eigenvalue weighted by atomic mass is 10.3. The van der Waals surface area contributed by atoms with Crippen LogP contribution in [0.4, 0.5) is 11.6 Å². The SMILES string of the molecule is Nc1ncnc(NCc2cn[nH]c2)c1Cl. The van der Waals surface area contributed by atoms with Crippen molar-refractivity contribution in [3.05, 3.63) is 29.3 Å². The van der Waals surface area contributed by atoms with Gasteiger partial charge >= 0.3 is 0 Å². The molecular formula is C8H9ClN6. The summed E-state index contributed by atoms with van der Waals surface area (Å²) in [6.07, 6.45) is 4.86. The molecule has 0 aliphatic rings. The summed E-state index contributed by atoms with van der Waals surface area (Å²) >= 11 is 5.90. The van der Waals surface area contributed by atoms with Crippen molar-refractivity contribution >= 4 is 23.2 Å². The maximum Gasteiger partial charge on any atom is 0.150 e. The Kier molecular flexibility index (Phi) is 2.68. The van der Waals surface area contributed by atoms with E-state index in [2.05, 4.69) is 25.5 Å². The Morgan fingerprint density at radius 2 is 2.33 bits per heavy atom. The fourth-order valence-corrected chi connectivity index (χ4v) is 1.23. The number of hydrogen-bond donors (Lipinski definition) is 3. The molecule has 0 fully saturated rings. The lowest BCUT2D eigenvalue weighted by Gasteiger charge is -2.06. The lowest BCUT2D eigenvalue weighted by Crippen LogP contribution is -2.03. The van der Waals surface area contributed by atoms with Crippen molar-refractivity contribution in [1.29, 1.82) is 0 Å². The van der Waals surface area contributed by atoms with Gasteiger partial charge in [0.25, 0.3) is 0 Å². The Balaban J connectivity index is 2.08. The van der Waals surface area contributed by atoms with Crippen LogP contribution in [0.3, 0.4) is 0 Å². The monoisotopic (exact) mass is 224 g/mol. The third-order valence-corrected chi connectivity index (χ3v) is 2.20. The van der Waals surface area contributed by atoms with Crippen LogP contribution in [0.25, 0.3) is 0 Å². The largest absolute Gasteiger partial charge is 0.382 e. The first-order chi connectivity index (χ1) is 7.27. The van der Waals surface area contributed by atoms with Gasteiger partial charge in [-0.15, -0.1) is 0 Å². The molecule has 0 saturated carbocycles. The first-order valence-electron chi connectivity index (χ1n) is 4.25. The van der Waals surface area contributed by atoms with E-state index in [9.17, 15) is 0 Å². The number of H-pyrrole nitrogens is 1. The van der Waals surface area contributed by atoms with Crippen LogP contribution >= 0.6 is 11.6 Å². The third kappa shape index (κ3) is 2.16. The summed E-state index contributed by atoms with van der Waals surface area (Å²) in [6.45, 7) is 0.576. The molecule has 0 saturated heterocycles. The van der Waals surface area contributed by atoms with Gasteiger partial charge in [0.15, 0.2) is 5.82 Å². The Bertz CT molecular complexity index is 440. The highest BCUT2D eigenvalue weighted by molar-refractivity contribution is 6.35. The molecule has 0 aliphatic heterocycles. The molecule has 2 aromatic heterocycles. The Morgan fingerprint density at radius 1 is 1.47 bits per heavy atom. The molecule has 2 aromatic rings. The summed E-state index contributed by atoms with van der Waals surface area (Å²) in [6, 6.07) is 0. The normalized spacial score (nSPS) is 10.2. The fourth-order valence-electron chi connectivity index (χ4n) is 1.07. The molecular weight excluding hydrogens is 216 g/mol.